The van der Waals surface area contributed by atoms with Crippen molar-refractivity contribution >= 4 is 11.8 Å². The fraction of sp³-hybridized carbons (Fsp3) is 0.533. The molecule has 0 heterocycles. The minimum absolute atomic E-state index is 0.659. The monoisotopic (exact) mass is 260 g/mol. The first kappa shape index (κ1) is 13.5. The average molecular weight is 260 g/mol. The molecule has 2 unspecified atom stereocenters. The Morgan fingerprint density at radius 3 is 2.78 bits per heavy atom. The molecule has 1 saturated carbocycles. The molecule has 18 heavy (non-hydrogen) atoms. The van der Waals surface area contributed by atoms with Gasteiger partial charge < -0.3 is 5.32 Å². The summed E-state index contributed by atoms with van der Waals surface area (Å²) in [4.78, 5) is 0. The van der Waals surface area contributed by atoms with Gasteiger partial charge in [-0.05, 0) is 43.2 Å². The predicted octanol–water partition coefficient (Wildman–Crippen LogP) is 3.32. The van der Waals surface area contributed by atoms with Gasteiger partial charge in [-0.3, -0.25) is 0 Å². The van der Waals surface area contributed by atoms with Crippen molar-refractivity contribution in [3.8, 4) is 6.07 Å². The van der Waals surface area contributed by atoms with Crippen molar-refractivity contribution in [3.63, 3.8) is 0 Å². The number of hydrogen-bond donors (Lipinski definition) is 1. The van der Waals surface area contributed by atoms with Crippen molar-refractivity contribution in [1.29, 1.82) is 5.26 Å². The lowest BCUT2D eigenvalue weighted by molar-refractivity contribution is 0.380. The van der Waals surface area contributed by atoms with Gasteiger partial charge in [0.1, 0.15) is 0 Å². The molecule has 96 valence electrons. The quantitative estimate of drug-likeness (QED) is 0.902. The summed E-state index contributed by atoms with van der Waals surface area (Å²) in [7, 11) is 0. The first-order valence-electron chi connectivity index (χ1n) is 6.57. The Bertz CT molecular complexity index is 407. The second kappa shape index (κ2) is 6.82. The van der Waals surface area contributed by atoms with Crippen LogP contribution in [0.15, 0.2) is 24.3 Å². The maximum atomic E-state index is 8.75. The molecule has 0 radical (unpaired) electrons. The molecule has 0 saturated heterocycles. The summed E-state index contributed by atoms with van der Waals surface area (Å²) >= 11 is 2.00. The van der Waals surface area contributed by atoms with Crippen LogP contribution in [0.25, 0.3) is 0 Å². The fourth-order valence-electron chi connectivity index (χ4n) is 2.50. The normalized spacial score (nSPS) is 23.6. The zero-order valence-corrected chi connectivity index (χ0v) is 11.7. The molecule has 3 heteroatoms. The Labute approximate surface area is 114 Å². The van der Waals surface area contributed by atoms with Gasteiger partial charge in [-0.2, -0.15) is 17.0 Å². The van der Waals surface area contributed by atoms with E-state index in [-0.39, 0.29) is 0 Å². The molecule has 1 aliphatic rings. The van der Waals surface area contributed by atoms with Gasteiger partial charge in [0.05, 0.1) is 11.6 Å². The minimum Gasteiger partial charge on any atom is -0.310 e. The van der Waals surface area contributed by atoms with E-state index in [1.54, 1.807) is 0 Å². The number of thioether (sulfide) groups is 1. The van der Waals surface area contributed by atoms with Gasteiger partial charge in [-0.1, -0.05) is 18.6 Å². The number of nitriles is 1. The van der Waals surface area contributed by atoms with E-state index in [2.05, 4.69) is 17.6 Å². The van der Waals surface area contributed by atoms with Crippen LogP contribution in [0.2, 0.25) is 0 Å². The van der Waals surface area contributed by atoms with E-state index < -0.39 is 0 Å². The maximum Gasteiger partial charge on any atom is 0.0991 e. The van der Waals surface area contributed by atoms with Gasteiger partial charge in [0.15, 0.2) is 0 Å². The van der Waals surface area contributed by atoms with E-state index in [0.29, 0.717) is 6.04 Å². The van der Waals surface area contributed by atoms with Crippen molar-refractivity contribution in [2.75, 3.05) is 6.26 Å². The first-order valence-corrected chi connectivity index (χ1v) is 7.86. The highest BCUT2D eigenvalue weighted by Gasteiger charge is 2.20. The Morgan fingerprint density at radius 1 is 1.33 bits per heavy atom. The minimum atomic E-state index is 0.659. The van der Waals surface area contributed by atoms with E-state index in [1.165, 1.54) is 31.2 Å². The topological polar surface area (TPSA) is 35.8 Å². The summed E-state index contributed by atoms with van der Waals surface area (Å²) in [5.74, 6) is 0. The van der Waals surface area contributed by atoms with Crippen LogP contribution in [0, 0.1) is 11.3 Å². The maximum absolute atomic E-state index is 8.75. The largest absolute Gasteiger partial charge is 0.310 e. The van der Waals surface area contributed by atoms with Crippen LogP contribution in [0.4, 0.5) is 0 Å². The molecule has 1 fully saturated rings. The van der Waals surface area contributed by atoms with Crippen LogP contribution in [-0.2, 0) is 6.54 Å². The lowest BCUT2D eigenvalue weighted by Gasteiger charge is -2.28. The van der Waals surface area contributed by atoms with Gasteiger partial charge >= 0.3 is 0 Å². The third kappa shape index (κ3) is 3.76. The Balaban J connectivity index is 1.81. The zero-order valence-electron chi connectivity index (χ0n) is 10.9. The molecule has 1 aromatic carbocycles. The van der Waals surface area contributed by atoms with Gasteiger partial charge in [-0.25, -0.2) is 0 Å². The molecule has 2 atom stereocenters. The SMILES string of the molecule is CSC1CCCC(NCc2ccc(C#N)cc2)C1. The lowest BCUT2D eigenvalue weighted by Crippen LogP contribution is -2.34. The number of hydrogen-bond acceptors (Lipinski definition) is 3. The number of nitrogens with one attached hydrogen (secondary N) is 1. The van der Waals surface area contributed by atoms with Crippen LogP contribution in [0.3, 0.4) is 0 Å². The number of nitrogens with zero attached hydrogens (tertiary/aromatic N) is 1. The Hall–Kier alpha value is -0.980. The molecular weight excluding hydrogens is 240 g/mol. The standard InChI is InChI=1S/C15H20N2S/c1-18-15-4-2-3-14(9-15)17-11-13-7-5-12(10-16)6-8-13/h5-8,14-15,17H,2-4,9,11H2,1H3. The summed E-state index contributed by atoms with van der Waals surface area (Å²) in [5.41, 5.74) is 2.00. The highest BCUT2D eigenvalue weighted by molar-refractivity contribution is 7.99. The van der Waals surface area contributed by atoms with Gasteiger partial charge in [0, 0.05) is 17.8 Å². The first-order chi connectivity index (χ1) is 8.81. The molecule has 2 rings (SSSR count). The van der Waals surface area contributed by atoms with E-state index in [9.17, 15) is 0 Å². The molecule has 0 amide bonds. The second-order valence-corrected chi connectivity index (χ2v) is 6.05. The smallest absolute Gasteiger partial charge is 0.0991 e. The summed E-state index contributed by atoms with van der Waals surface area (Å²) in [5, 5.41) is 13.2. The van der Waals surface area contributed by atoms with Crippen molar-refractivity contribution in [3.05, 3.63) is 35.4 Å². The van der Waals surface area contributed by atoms with Crippen molar-refractivity contribution in [2.24, 2.45) is 0 Å². The molecule has 0 bridgehead atoms. The summed E-state index contributed by atoms with van der Waals surface area (Å²) in [6, 6.07) is 10.7. The Morgan fingerprint density at radius 2 is 2.11 bits per heavy atom. The summed E-state index contributed by atoms with van der Waals surface area (Å²) in [6.07, 6.45) is 7.52. The molecular formula is C15H20N2S. The summed E-state index contributed by atoms with van der Waals surface area (Å²) in [6.45, 7) is 0.914. The molecule has 1 aliphatic carbocycles. The predicted molar refractivity (Wildman–Crippen MR) is 77.6 cm³/mol. The third-order valence-electron chi connectivity index (χ3n) is 3.64. The molecule has 0 aliphatic heterocycles. The number of benzene rings is 1. The fourth-order valence-corrected chi connectivity index (χ4v) is 3.33. The van der Waals surface area contributed by atoms with Crippen LogP contribution >= 0.6 is 11.8 Å². The van der Waals surface area contributed by atoms with Crippen LogP contribution in [0.1, 0.15) is 36.8 Å². The van der Waals surface area contributed by atoms with E-state index in [1.807, 2.05) is 36.0 Å². The van der Waals surface area contributed by atoms with E-state index in [0.717, 1.165) is 17.4 Å². The van der Waals surface area contributed by atoms with Crippen LogP contribution < -0.4 is 5.32 Å². The van der Waals surface area contributed by atoms with Gasteiger partial charge in [-0.15, -0.1) is 0 Å². The average Bonchev–Trinajstić information content (AvgIpc) is 2.46. The van der Waals surface area contributed by atoms with E-state index in [4.69, 9.17) is 5.26 Å². The molecule has 1 N–H and O–H groups in total. The van der Waals surface area contributed by atoms with Crippen molar-refractivity contribution < 1.29 is 0 Å². The third-order valence-corrected chi connectivity index (χ3v) is 4.73. The highest BCUT2D eigenvalue weighted by Crippen LogP contribution is 2.27. The molecule has 2 nitrogen and oxygen atoms in total. The molecule has 0 spiro atoms. The highest BCUT2D eigenvalue weighted by atomic mass is 32.2. The lowest BCUT2D eigenvalue weighted by atomic mass is 9.95. The van der Waals surface area contributed by atoms with E-state index >= 15 is 0 Å². The summed E-state index contributed by atoms with van der Waals surface area (Å²) < 4.78 is 0. The van der Waals surface area contributed by atoms with Crippen LogP contribution in [-0.4, -0.2) is 17.5 Å². The zero-order chi connectivity index (χ0) is 12.8. The van der Waals surface area contributed by atoms with Crippen molar-refractivity contribution in [2.45, 2.75) is 43.5 Å². The van der Waals surface area contributed by atoms with Crippen LogP contribution in [0.5, 0.6) is 0 Å². The molecule has 1 aromatic rings. The van der Waals surface area contributed by atoms with Gasteiger partial charge in [0.25, 0.3) is 0 Å². The Kier molecular flexibility index (Phi) is 5.10. The molecule has 0 aromatic heterocycles. The van der Waals surface area contributed by atoms with Crippen molar-refractivity contribution in [1.82, 2.24) is 5.32 Å². The van der Waals surface area contributed by atoms with Gasteiger partial charge in [0.2, 0.25) is 0 Å². The number of rotatable bonds is 4. The second-order valence-electron chi connectivity index (χ2n) is 4.91.